The molecule has 0 fully saturated rings. The third-order valence-corrected chi connectivity index (χ3v) is 11.7. The van der Waals surface area contributed by atoms with Gasteiger partial charge in [-0.3, -0.25) is 0 Å². The van der Waals surface area contributed by atoms with Crippen molar-refractivity contribution in [2.75, 3.05) is 4.90 Å². The van der Waals surface area contributed by atoms with Crippen molar-refractivity contribution in [3.63, 3.8) is 0 Å². The van der Waals surface area contributed by atoms with Crippen molar-refractivity contribution < 1.29 is 0 Å². The molecule has 0 bridgehead atoms. The molecular weight excluding hydrogens is 651 g/mol. The van der Waals surface area contributed by atoms with Gasteiger partial charge in [-0.2, -0.15) is 0 Å². The summed E-state index contributed by atoms with van der Waals surface area (Å²) >= 11 is 0. The van der Waals surface area contributed by atoms with Crippen LogP contribution in [0.5, 0.6) is 0 Å². The van der Waals surface area contributed by atoms with Crippen molar-refractivity contribution in [2.24, 2.45) is 0 Å². The summed E-state index contributed by atoms with van der Waals surface area (Å²) in [5.74, 6) is 0. The summed E-state index contributed by atoms with van der Waals surface area (Å²) in [6, 6.07) is 78.1. The van der Waals surface area contributed by atoms with Crippen molar-refractivity contribution >= 4 is 27.8 Å². The van der Waals surface area contributed by atoms with Gasteiger partial charge in [-0.15, -0.1) is 0 Å². The van der Waals surface area contributed by atoms with E-state index in [9.17, 15) is 0 Å². The zero-order chi connectivity index (χ0) is 35.6. The molecule has 1 spiro atoms. The van der Waals surface area contributed by atoms with Gasteiger partial charge in [0.15, 0.2) is 0 Å². The first kappa shape index (κ1) is 30.6. The van der Waals surface area contributed by atoms with Gasteiger partial charge in [-0.05, 0) is 90.8 Å². The lowest BCUT2D eigenvalue weighted by molar-refractivity contribution is 0.794. The van der Waals surface area contributed by atoms with E-state index in [1.807, 2.05) is 0 Å². The van der Waals surface area contributed by atoms with E-state index in [-0.39, 0.29) is 5.41 Å². The molecule has 2 aliphatic rings. The van der Waals surface area contributed by atoms with Crippen molar-refractivity contribution in [3.8, 4) is 44.5 Å². The summed E-state index contributed by atoms with van der Waals surface area (Å²) < 4.78 is 0. The van der Waals surface area contributed by atoms with Crippen LogP contribution in [0.15, 0.2) is 212 Å². The Balaban J connectivity index is 1.17. The van der Waals surface area contributed by atoms with Gasteiger partial charge in [-0.1, -0.05) is 188 Å². The molecule has 2 aliphatic carbocycles. The molecule has 0 saturated heterocycles. The number of rotatable bonds is 5. The van der Waals surface area contributed by atoms with E-state index >= 15 is 0 Å². The molecule has 9 aromatic carbocycles. The topological polar surface area (TPSA) is 3.24 Å². The minimum Gasteiger partial charge on any atom is -0.309 e. The molecule has 0 N–H and O–H groups in total. The van der Waals surface area contributed by atoms with Crippen LogP contribution in [0, 0.1) is 0 Å². The second-order valence-corrected chi connectivity index (χ2v) is 14.3. The fourth-order valence-electron chi connectivity index (χ4n) is 9.61. The highest BCUT2D eigenvalue weighted by Gasteiger charge is 2.52. The highest BCUT2D eigenvalue weighted by molar-refractivity contribution is 6.05. The zero-order valence-electron chi connectivity index (χ0n) is 29.7. The smallest absolute Gasteiger partial charge is 0.0725 e. The molecule has 0 amide bonds. The van der Waals surface area contributed by atoms with Crippen LogP contribution in [0.1, 0.15) is 22.3 Å². The summed E-state index contributed by atoms with van der Waals surface area (Å²) in [6.45, 7) is 0. The van der Waals surface area contributed by atoms with Crippen LogP contribution in [0.25, 0.3) is 55.3 Å². The van der Waals surface area contributed by atoms with Crippen LogP contribution in [0.3, 0.4) is 0 Å². The molecule has 0 heterocycles. The Bertz CT molecular complexity index is 2850. The highest BCUT2D eigenvalue weighted by Crippen LogP contribution is 2.64. The average Bonchev–Trinajstić information content (AvgIpc) is 3.72. The van der Waals surface area contributed by atoms with Gasteiger partial charge in [0, 0.05) is 16.6 Å². The fourth-order valence-corrected chi connectivity index (χ4v) is 9.61. The van der Waals surface area contributed by atoms with Crippen molar-refractivity contribution in [3.05, 3.63) is 235 Å². The normalized spacial score (nSPS) is 13.0. The highest BCUT2D eigenvalue weighted by atomic mass is 15.1. The Morgan fingerprint density at radius 2 is 0.722 bits per heavy atom. The Hall–Kier alpha value is -6.96. The van der Waals surface area contributed by atoms with Crippen LogP contribution >= 0.6 is 0 Å². The lowest BCUT2D eigenvalue weighted by atomic mass is 9.70. The molecule has 9 aromatic rings. The van der Waals surface area contributed by atoms with E-state index < -0.39 is 0 Å². The maximum absolute atomic E-state index is 2.43. The number of hydrogen-bond acceptors (Lipinski definition) is 1. The maximum atomic E-state index is 2.43. The van der Waals surface area contributed by atoms with Gasteiger partial charge in [-0.25, -0.2) is 0 Å². The molecule has 54 heavy (non-hydrogen) atoms. The van der Waals surface area contributed by atoms with Crippen molar-refractivity contribution in [1.29, 1.82) is 0 Å². The standard InChI is InChI=1S/C53H35N/c1-2-20-37(21-3-1)54(50-35-16-19-36-18-4-5-22-38(36)50)51-34-15-11-27-43(51)39-23-6-7-24-40(39)44-29-17-33-49-52(44)45-28-10-14-32-48(45)53(49)46-30-12-8-25-41(46)42-26-9-13-31-47(42)53/h1-35H. The number of para-hydroxylation sites is 2. The minimum absolute atomic E-state index is 0.388. The van der Waals surface area contributed by atoms with Gasteiger partial charge < -0.3 is 4.90 Å². The van der Waals surface area contributed by atoms with Crippen LogP contribution in [0.2, 0.25) is 0 Å². The molecule has 1 nitrogen and oxygen atoms in total. The van der Waals surface area contributed by atoms with E-state index in [1.54, 1.807) is 0 Å². The Kier molecular flexibility index (Phi) is 6.84. The first-order valence-electron chi connectivity index (χ1n) is 18.8. The molecular formula is C53H35N. The van der Waals surface area contributed by atoms with Crippen molar-refractivity contribution in [2.45, 2.75) is 5.41 Å². The predicted molar refractivity (Wildman–Crippen MR) is 226 cm³/mol. The monoisotopic (exact) mass is 685 g/mol. The zero-order valence-corrected chi connectivity index (χ0v) is 29.7. The predicted octanol–water partition coefficient (Wildman–Crippen LogP) is 14.0. The quantitative estimate of drug-likeness (QED) is 0.174. The van der Waals surface area contributed by atoms with Gasteiger partial charge >= 0.3 is 0 Å². The molecule has 0 unspecified atom stereocenters. The van der Waals surface area contributed by atoms with Crippen LogP contribution in [-0.2, 0) is 5.41 Å². The largest absolute Gasteiger partial charge is 0.309 e. The van der Waals surface area contributed by atoms with E-state index in [4.69, 9.17) is 0 Å². The second kappa shape index (κ2) is 12.0. The summed E-state index contributed by atoms with van der Waals surface area (Å²) in [5.41, 5.74) is 18.6. The van der Waals surface area contributed by atoms with Gasteiger partial charge in [0.05, 0.1) is 16.8 Å². The summed E-state index contributed by atoms with van der Waals surface area (Å²) in [6.07, 6.45) is 0. The lowest BCUT2D eigenvalue weighted by Gasteiger charge is -2.30. The number of nitrogens with zero attached hydrogens (tertiary/aromatic N) is 1. The molecule has 0 saturated carbocycles. The van der Waals surface area contributed by atoms with Crippen LogP contribution in [0.4, 0.5) is 17.1 Å². The Morgan fingerprint density at radius 3 is 1.44 bits per heavy atom. The number of fused-ring (bicyclic) bond motifs is 11. The lowest BCUT2D eigenvalue weighted by Crippen LogP contribution is -2.25. The van der Waals surface area contributed by atoms with Gasteiger partial charge in [0.1, 0.15) is 0 Å². The number of benzene rings is 9. The molecule has 0 atom stereocenters. The third kappa shape index (κ3) is 4.27. The first-order valence-corrected chi connectivity index (χ1v) is 18.8. The molecule has 11 rings (SSSR count). The summed E-state index contributed by atoms with van der Waals surface area (Å²) in [7, 11) is 0. The molecule has 1 heteroatoms. The third-order valence-electron chi connectivity index (χ3n) is 11.7. The second-order valence-electron chi connectivity index (χ2n) is 14.3. The summed E-state index contributed by atoms with van der Waals surface area (Å²) in [5, 5.41) is 2.43. The Labute approximate surface area is 316 Å². The van der Waals surface area contributed by atoms with E-state index in [0.717, 1.165) is 17.1 Å². The molecule has 252 valence electrons. The van der Waals surface area contributed by atoms with Crippen molar-refractivity contribution in [1.82, 2.24) is 0 Å². The first-order chi connectivity index (χ1) is 26.8. The maximum Gasteiger partial charge on any atom is 0.0725 e. The number of hydrogen-bond donors (Lipinski definition) is 0. The van der Waals surface area contributed by atoms with Crippen LogP contribution in [-0.4, -0.2) is 0 Å². The molecule has 0 aromatic heterocycles. The fraction of sp³-hybridized carbons (Fsp3) is 0.0189. The van der Waals surface area contributed by atoms with Crippen LogP contribution < -0.4 is 4.90 Å². The molecule has 0 aliphatic heterocycles. The SMILES string of the molecule is c1ccc(N(c2ccccc2-c2ccccc2-c2cccc3c2-c2ccccc2C32c3ccccc3-c3ccccc32)c2cccc3ccccc23)cc1. The van der Waals surface area contributed by atoms with E-state index in [0.29, 0.717) is 0 Å². The average molecular weight is 686 g/mol. The Morgan fingerprint density at radius 1 is 0.278 bits per heavy atom. The molecule has 0 radical (unpaired) electrons. The van der Waals surface area contributed by atoms with E-state index in [2.05, 4.69) is 217 Å². The van der Waals surface area contributed by atoms with Gasteiger partial charge in [0.2, 0.25) is 0 Å². The number of anilines is 3. The summed E-state index contributed by atoms with van der Waals surface area (Å²) in [4.78, 5) is 2.43. The van der Waals surface area contributed by atoms with E-state index in [1.165, 1.54) is 77.5 Å². The van der Waals surface area contributed by atoms with Gasteiger partial charge in [0.25, 0.3) is 0 Å². The minimum atomic E-state index is -0.388.